The highest BCUT2D eigenvalue weighted by atomic mass is 79.9. The van der Waals surface area contributed by atoms with Gasteiger partial charge >= 0.3 is 0 Å². The van der Waals surface area contributed by atoms with E-state index < -0.39 is 0 Å². The average molecular weight is 296 g/mol. The molecule has 0 amide bonds. The number of methoxy groups -OCH3 is 1. The monoisotopic (exact) mass is 295 g/mol. The minimum absolute atomic E-state index is 0.630. The highest BCUT2D eigenvalue weighted by Gasteiger charge is 2.04. The van der Waals surface area contributed by atoms with E-state index >= 15 is 0 Å². The van der Waals surface area contributed by atoms with Crippen molar-refractivity contribution in [3.05, 3.63) is 46.3 Å². The first-order valence-electron chi connectivity index (χ1n) is 5.32. The van der Waals surface area contributed by atoms with Crippen LogP contribution in [0.15, 0.2) is 39.4 Å². The molecule has 1 heterocycles. The van der Waals surface area contributed by atoms with Crippen molar-refractivity contribution in [2.75, 3.05) is 12.4 Å². The molecule has 0 aliphatic rings. The summed E-state index contributed by atoms with van der Waals surface area (Å²) >= 11 is 3.28. The van der Waals surface area contributed by atoms with Crippen molar-refractivity contribution in [1.82, 2.24) is 0 Å². The van der Waals surface area contributed by atoms with E-state index in [2.05, 4.69) is 27.3 Å². The molecule has 0 atom stereocenters. The molecule has 1 aromatic carbocycles. The van der Waals surface area contributed by atoms with Gasteiger partial charge < -0.3 is 14.5 Å². The molecule has 0 bridgehead atoms. The molecular weight excluding hydrogens is 282 g/mol. The second-order valence-corrected chi connectivity index (χ2v) is 4.54. The molecule has 1 aromatic heterocycles. The van der Waals surface area contributed by atoms with Crippen LogP contribution < -0.4 is 10.1 Å². The molecule has 0 fully saturated rings. The quantitative estimate of drug-likeness (QED) is 0.927. The minimum Gasteiger partial charge on any atom is -0.495 e. The lowest BCUT2D eigenvalue weighted by atomic mass is 10.2. The minimum atomic E-state index is 0.630. The first kappa shape index (κ1) is 12.0. The molecule has 90 valence electrons. The van der Waals surface area contributed by atoms with Gasteiger partial charge in [-0.2, -0.15) is 0 Å². The molecule has 4 heteroatoms. The summed E-state index contributed by atoms with van der Waals surface area (Å²) in [7, 11) is 1.67. The Morgan fingerprint density at radius 3 is 2.76 bits per heavy atom. The third-order valence-corrected chi connectivity index (χ3v) is 2.86. The Hall–Kier alpha value is -1.42. The smallest absolute Gasteiger partial charge is 0.169 e. The summed E-state index contributed by atoms with van der Waals surface area (Å²) < 4.78 is 11.5. The molecule has 0 spiro atoms. The van der Waals surface area contributed by atoms with Gasteiger partial charge in [-0.3, -0.25) is 0 Å². The summed E-state index contributed by atoms with van der Waals surface area (Å²) in [4.78, 5) is 0. The van der Waals surface area contributed by atoms with Crippen molar-refractivity contribution in [1.29, 1.82) is 0 Å². The van der Waals surface area contributed by atoms with Crippen molar-refractivity contribution >= 4 is 21.6 Å². The SMILES string of the molecule is COc1ccc(C)cc1NCc1ccc(Br)o1. The van der Waals surface area contributed by atoms with Crippen LogP contribution in [0.3, 0.4) is 0 Å². The van der Waals surface area contributed by atoms with Crippen molar-refractivity contribution in [3.8, 4) is 5.75 Å². The molecule has 0 saturated carbocycles. The topological polar surface area (TPSA) is 34.4 Å². The third kappa shape index (κ3) is 3.03. The van der Waals surface area contributed by atoms with E-state index in [1.54, 1.807) is 7.11 Å². The highest BCUT2D eigenvalue weighted by Crippen LogP contribution is 2.26. The number of hydrogen-bond acceptors (Lipinski definition) is 3. The van der Waals surface area contributed by atoms with Gasteiger partial charge in [-0.25, -0.2) is 0 Å². The number of hydrogen-bond donors (Lipinski definition) is 1. The molecule has 2 aromatic rings. The zero-order valence-electron chi connectivity index (χ0n) is 9.79. The molecule has 0 aliphatic carbocycles. The van der Waals surface area contributed by atoms with E-state index in [1.165, 1.54) is 5.56 Å². The van der Waals surface area contributed by atoms with Crippen LogP contribution in [0.25, 0.3) is 0 Å². The van der Waals surface area contributed by atoms with Crippen LogP contribution in [0.4, 0.5) is 5.69 Å². The predicted molar refractivity (Wildman–Crippen MR) is 71.5 cm³/mol. The van der Waals surface area contributed by atoms with Crippen molar-refractivity contribution < 1.29 is 9.15 Å². The van der Waals surface area contributed by atoms with Gasteiger partial charge in [0.25, 0.3) is 0 Å². The van der Waals surface area contributed by atoms with Crippen LogP contribution in [0.2, 0.25) is 0 Å². The number of benzene rings is 1. The molecule has 0 unspecified atom stereocenters. The Balaban J connectivity index is 2.10. The normalized spacial score (nSPS) is 10.3. The molecule has 3 nitrogen and oxygen atoms in total. The zero-order valence-corrected chi connectivity index (χ0v) is 11.4. The van der Waals surface area contributed by atoms with Gasteiger partial charge in [-0.05, 0) is 52.7 Å². The summed E-state index contributed by atoms with van der Waals surface area (Å²) in [6, 6.07) is 9.84. The Bertz CT molecular complexity index is 508. The number of rotatable bonds is 4. The van der Waals surface area contributed by atoms with Crippen molar-refractivity contribution in [3.63, 3.8) is 0 Å². The maximum atomic E-state index is 5.42. The summed E-state index contributed by atoms with van der Waals surface area (Å²) in [5.41, 5.74) is 2.16. The third-order valence-electron chi connectivity index (χ3n) is 2.44. The van der Waals surface area contributed by atoms with Gasteiger partial charge in [0.1, 0.15) is 11.5 Å². The summed E-state index contributed by atoms with van der Waals surface area (Å²) in [5, 5.41) is 3.30. The number of aryl methyl sites for hydroxylation is 1. The Morgan fingerprint density at radius 1 is 1.29 bits per heavy atom. The fraction of sp³-hybridized carbons (Fsp3) is 0.231. The molecule has 0 saturated heterocycles. The van der Waals surface area contributed by atoms with E-state index in [4.69, 9.17) is 9.15 Å². The number of ether oxygens (including phenoxy) is 1. The fourth-order valence-electron chi connectivity index (χ4n) is 1.59. The van der Waals surface area contributed by atoms with Crippen LogP contribution in [0.5, 0.6) is 5.75 Å². The molecule has 1 N–H and O–H groups in total. The van der Waals surface area contributed by atoms with Gasteiger partial charge in [0.2, 0.25) is 0 Å². The van der Waals surface area contributed by atoms with Crippen molar-refractivity contribution in [2.45, 2.75) is 13.5 Å². The zero-order chi connectivity index (χ0) is 12.3. The maximum Gasteiger partial charge on any atom is 0.169 e. The van der Waals surface area contributed by atoms with Crippen LogP contribution in [-0.4, -0.2) is 7.11 Å². The first-order valence-corrected chi connectivity index (χ1v) is 6.11. The van der Waals surface area contributed by atoms with E-state index in [9.17, 15) is 0 Å². The number of nitrogens with one attached hydrogen (secondary N) is 1. The molecule has 2 rings (SSSR count). The molecular formula is C13H14BrNO2. The second kappa shape index (κ2) is 5.27. The maximum absolute atomic E-state index is 5.42. The summed E-state index contributed by atoms with van der Waals surface area (Å²) in [6.45, 7) is 2.68. The Morgan fingerprint density at radius 2 is 2.12 bits per heavy atom. The van der Waals surface area contributed by atoms with Gasteiger partial charge in [-0.15, -0.1) is 0 Å². The first-order chi connectivity index (χ1) is 8.19. The number of anilines is 1. The van der Waals surface area contributed by atoms with Gasteiger partial charge in [0, 0.05) is 0 Å². The van der Waals surface area contributed by atoms with Gasteiger partial charge in [-0.1, -0.05) is 6.07 Å². The summed E-state index contributed by atoms with van der Waals surface area (Å²) in [5.74, 6) is 1.71. The molecule has 0 radical (unpaired) electrons. The number of furan rings is 1. The highest BCUT2D eigenvalue weighted by molar-refractivity contribution is 9.10. The van der Waals surface area contributed by atoms with E-state index in [0.717, 1.165) is 21.9 Å². The molecule has 17 heavy (non-hydrogen) atoms. The predicted octanol–water partition coefficient (Wildman–Crippen LogP) is 3.97. The second-order valence-electron chi connectivity index (χ2n) is 3.76. The van der Waals surface area contributed by atoms with Crippen LogP contribution in [0.1, 0.15) is 11.3 Å². The van der Waals surface area contributed by atoms with Crippen molar-refractivity contribution in [2.24, 2.45) is 0 Å². The van der Waals surface area contributed by atoms with E-state index in [1.807, 2.05) is 31.2 Å². The largest absolute Gasteiger partial charge is 0.495 e. The van der Waals surface area contributed by atoms with E-state index in [-0.39, 0.29) is 0 Å². The van der Waals surface area contributed by atoms with E-state index in [0.29, 0.717) is 6.54 Å². The lowest BCUT2D eigenvalue weighted by Gasteiger charge is -2.10. The van der Waals surface area contributed by atoms with Gasteiger partial charge in [0.05, 0.1) is 19.3 Å². The standard InChI is InChI=1S/C13H14BrNO2/c1-9-3-5-12(16-2)11(7-9)15-8-10-4-6-13(14)17-10/h3-7,15H,8H2,1-2H3. The summed E-state index contributed by atoms with van der Waals surface area (Å²) in [6.07, 6.45) is 0. The molecule has 0 aliphatic heterocycles. The lowest BCUT2D eigenvalue weighted by Crippen LogP contribution is -2.00. The van der Waals surface area contributed by atoms with Crippen LogP contribution >= 0.6 is 15.9 Å². The Labute approximate surface area is 109 Å². The number of halogens is 1. The van der Waals surface area contributed by atoms with Gasteiger partial charge in [0.15, 0.2) is 4.67 Å². The average Bonchev–Trinajstić information content (AvgIpc) is 2.73. The lowest BCUT2D eigenvalue weighted by molar-refractivity contribution is 0.416. The Kier molecular flexibility index (Phi) is 3.74. The van der Waals surface area contributed by atoms with Crippen LogP contribution in [-0.2, 0) is 6.54 Å². The fourth-order valence-corrected chi connectivity index (χ4v) is 1.93. The van der Waals surface area contributed by atoms with Crippen LogP contribution in [0, 0.1) is 6.92 Å².